The zero-order valence-corrected chi connectivity index (χ0v) is 11.9. The van der Waals surface area contributed by atoms with E-state index in [9.17, 15) is 0 Å². The molecule has 2 nitrogen and oxygen atoms in total. The van der Waals surface area contributed by atoms with E-state index in [1.54, 1.807) is 11.3 Å². The Morgan fingerprint density at radius 2 is 2.24 bits per heavy atom. The maximum absolute atomic E-state index is 5.92. The molecule has 90 valence electrons. The van der Waals surface area contributed by atoms with E-state index in [-0.39, 0.29) is 6.04 Å². The van der Waals surface area contributed by atoms with Gasteiger partial charge in [-0.05, 0) is 41.4 Å². The second kappa shape index (κ2) is 5.67. The number of thiophene rings is 1. The van der Waals surface area contributed by atoms with Gasteiger partial charge in [0.05, 0.1) is 0 Å². The largest absolute Gasteiger partial charge is 0.488 e. The standard InChI is InChI=1S/C13H14BrNOS/c1-9(15)12-3-2-11(14)6-13(12)16-7-10-4-5-17-8-10/h2-6,8-9H,7,15H2,1H3/t9-/m1/s1. The third-order valence-electron chi connectivity index (χ3n) is 2.44. The summed E-state index contributed by atoms with van der Waals surface area (Å²) in [7, 11) is 0. The molecule has 2 N–H and O–H groups in total. The Morgan fingerprint density at radius 3 is 2.88 bits per heavy atom. The van der Waals surface area contributed by atoms with Gasteiger partial charge in [0.15, 0.2) is 0 Å². The number of halogens is 1. The molecule has 0 saturated carbocycles. The molecule has 0 bridgehead atoms. The Bertz CT molecular complexity index is 482. The highest BCUT2D eigenvalue weighted by Gasteiger charge is 2.09. The van der Waals surface area contributed by atoms with Gasteiger partial charge in [-0.1, -0.05) is 22.0 Å². The lowest BCUT2D eigenvalue weighted by atomic mass is 10.1. The molecule has 0 spiro atoms. The molecule has 0 aliphatic rings. The van der Waals surface area contributed by atoms with Crippen molar-refractivity contribution < 1.29 is 4.74 Å². The van der Waals surface area contributed by atoms with Crippen LogP contribution in [0, 0.1) is 0 Å². The average molecular weight is 312 g/mol. The third-order valence-corrected chi connectivity index (χ3v) is 3.67. The second-order valence-electron chi connectivity index (χ2n) is 3.89. The van der Waals surface area contributed by atoms with Crippen LogP contribution < -0.4 is 10.5 Å². The third kappa shape index (κ3) is 3.31. The lowest BCUT2D eigenvalue weighted by Crippen LogP contribution is -2.08. The zero-order valence-electron chi connectivity index (χ0n) is 9.52. The van der Waals surface area contributed by atoms with Crippen LogP contribution in [-0.4, -0.2) is 0 Å². The topological polar surface area (TPSA) is 35.2 Å². The molecule has 1 atom stereocenters. The smallest absolute Gasteiger partial charge is 0.125 e. The van der Waals surface area contributed by atoms with Crippen molar-refractivity contribution in [1.29, 1.82) is 0 Å². The molecule has 0 fully saturated rings. The summed E-state index contributed by atoms with van der Waals surface area (Å²) in [5.74, 6) is 0.848. The van der Waals surface area contributed by atoms with Gasteiger partial charge in [-0.2, -0.15) is 11.3 Å². The van der Waals surface area contributed by atoms with Crippen molar-refractivity contribution in [3.63, 3.8) is 0 Å². The van der Waals surface area contributed by atoms with E-state index in [0.717, 1.165) is 15.8 Å². The van der Waals surface area contributed by atoms with Gasteiger partial charge in [0.25, 0.3) is 0 Å². The Hall–Kier alpha value is -0.840. The summed E-state index contributed by atoms with van der Waals surface area (Å²) in [6.45, 7) is 2.54. The maximum atomic E-state index is 5.92. The summed E-state index contributed by atoms with van der Waals surface area (Å²) in [5.41, 5.74) is 8.14. The van der Waals surface area contributed by atoms with Gasteiger partial charge in [-0.15, -0.1) is 0 Å². The van der Waals surface area contributed by atoms with E-state index in [2.05, 4.69) is 27.4 Å². The normalized spacial score (nSPS) is 12.4. The fourth-order valence-electron chi connectivity index (χ4n) is 1.55. The molecule has 1 heterocycles. The van der Waals surface area contributed by atoms with E-state index in [4.69, 9.17) is 10.5 Å². The van der Waals surface area contributed by atoms with Crippen LogP contribution >= 0.6 is 27.3 Å². The van der Waals surface area contributed by atoms with Crippen LogP contribution in [0.25, 0.3) is 0 Å². The molecule has 0 amide bonds. The van der Waals surface area contributed by atoms with Gasteiger partial charge in [-0.3, -0.25) is 0 Å². The molecule has 1 aromatic carbocycles. The minimum absolute atomic E-state index is 0.0272. The lowest BCUT2D eigenvalue weighted by Gasteiger charge is -2.14. The minimum Gasteiger partial charge on any atom is -0.488 e. The first-order valence-corrected chi connectivity index (χ1v) is 7.09. The number of benzene rings is 1. The van der Waals surface area contributed by atoms with Crippen LogP contribution in [0.1, 0.15) is 24.1 Å². The van der Waals surface area contributed by atoms with Crippen LogP contribution in [0.3, 0.4) is 0 Å². The first-order chi connectivity index (χ1) is 8.16. The van der Waals surface area contributed by atoms with Crippen LogP contribution in [0.5, 0.6) is 5.75 Å². The molecule has 0 unspecified atom stereocenters. The molecule has 2 rings (SSSR count). The molecule has 2 aromatic rings. The van der Waals surface area contributed by atoms with E-state index in [0.29, 0.717) is 6.61 Å². The monoisotopic (exact) mass is 311 g/mol. The van der Waals surface area contributed by atoms with Crippen molar-refractivity contribution >= 4 is 27.3 Å². The van der Waals surface area contributed by atoms with Gasteiger partial charge < -0.3 is 10.5 Å². The predicted molar refractivity (Wildman–Crippen MR) is 75.4 cm³/mol. The predicted octanol–water partition coefficient (Wildman–Crippen LogP) is 4.11. The Morgan fingerprint density at radius 1 is 1.41 bits per heavy atom. The average Bonchev–Trinajstić information content (AvgIpc) is 2.78. The van der Waals surface area contributed by atoms with Crippen molar-refractivity contribution in [2.45, 2.75) is 19.6 Å². The summed E-state index contributed by atoms with van der Waals surface area (Å²) in [5, 5.41) is 4.13. The summed E-state index contributed by atoms with van der Waals surface area (Å²) in [4.78, 5) is 0. The maximum Gasteiger partial charge on any atom is 0.125 e. The number of ether oxygens (including phenoxy) is 1. The summed E-state index contributed by atoms with van der Waals surface area (Å²) < 4.78 is 6.82. The quantitative estimate of drug-likeness (QED) is 0.922. The number of hydrogen-bond acceptors (Lipinski definition) is 3. The molecular formula is C13H14BrNOS. The van der Waals surface area contributed by atoms with Crippen molar-refractivity contribution in [1.82, 2.24) is 0 Å². The number of rotatable bonds is 4. The SMILES string of the molecule is C[C@@H](N)c1ccc(Br)cc1OCc1ccsc1. The van der Waals surface area contributed by atoms with E-state index in [1.165, 1.54) is 5.56 Å². The number of hydrogen-bond donors (Lipinski definition) is 1. The summed E-state index contributed by atoms with van der Waals surface area (Å²) in [6.07, 6.45) is 0. The molecule has 0 radical (unpaired) electrons. The fraction of sp³-hybridized carbons (Fsp3) is 0.231. The highest BCUT2D eigenvalue weighted by Crippen LogP contribution is 2.28. The fourth-order valence-corrected chi connectivity index (χ4v) is 2.54. The second-order valence-corrected chi connectivity index (χ2v) is 5.59. The molecule has 4 heteroatoms. The van der Waals surface area contributed by atoms with Crippen molar-refractivity contribution in [2.75, 3.05) is 0 Å². The van der Waals surface area contributed by atoms with Crippen molar-refractivity contribution in [3.05, 3.63) is 50.6 Å². The molecule has 0 saturated heterocycles. The lowest BCUT2D eigenvalue weighted by molar-refractivity contribution is 0.302. The van der Waals surface area contributed by atoms with Gasteiger partial charge in [0, 0.05) is 16.1 Å². The zero-order chi connectivity index (χ0) is 12.3. The molecule has 0 aliphatic carbocycles. The Balaban J connectivity index is 2.16. The van der Waals surface area contributed by atoms with Gasteiger partial charge in [0.1, 0.15) is 12.4 Å². The van der Waals surface area contributed by atoms with E-state index < -0.39 is 0 Å². The summed E-state index contributed by atoms with van der Waals surface area (Å²) in [6, 6.07) is 7.98. The highest BCUT2D eigenvalue weighted by molar-refractivity contribution is 9.10. The molecule has 17 heavy (non-hydrogen) atoms. The first-order valence-electron chi connectivity index (χ1n) is 5.35. The van der Waals surface area contributed by atoms with Crippen molar-refractivity contribution in [2.24, 2.45) is 5.73 Å². The van der Waals surface area contributed by atoms with E-state index >= 15 is 0 Å². The highest BCUT2D eigenvalue weighted by atomic mass is 79.9. The van der Waals surface area contributed by atoms with Gasteiger partial charge >= 0.3 is 0 Å². The van der Waals surface area contributed by atoms with Crippen LogP contribution in [0.15, 0.2) is 39.5 Å². The van der Waals surface area contributed by atoms with E-state index in [1.807, 2.05) is 30.5 Å². The number of nitrogens with two attached hydrogens (primary N) is 1. The first kappa shape index (κ1) is 12.6. The minimum atomic E-state index is -0.0272. The molecular weight excluding hydrogens is 298 g/mol. The molecule has 1 aromatic heterocycles. The van der Waals surface area contributed by atoms with Crippen LogP contribution in [-0.2, 0) is 6.61 Å². The Labute approximate surface area is 114 Å². The van der Waals surface area contributed by atoms with Gasteiger partial charge in [-0.25, -0.2) is 0 Å². The van der Waals surface area contributed by atoms with Crippen molar-refractivity contribution in [3.8, 4) is 5.75 Å². The summed E-state index contributed by atoms with van der Waals surface area (Å²) >= 11 is 5.12. The molecule has 0 aliphatic heterocycles. The van der Waals surface area contributed by atoms with Crippen LogP contribution in [0.2, 0.25) is 0 Å². The Kier molecular flexibility index (Phi) is 4.20. The van der Waals surface area contributed by atoms with Crippen LogP contribution in [0.4, 0.5) is 0 Å². The van der Waals surface area contributed by atoms with Gasteiger partial charge in [0.2, 0.25) is 0 Å².